The van der Waals surface area contributed by atoms with Crippen molar-refractivity contribution < 1.29 is 14.3 Å². The summed E-state index contributed by atoms with van der Waals surface area (Å²) in [5, 5.41) is 2.93. The minimum absolute atomic E-state index is 0.0327. The second-order valence-electron chi connectivity index (χ2n) is 6.19. The van der Waals surface area contributed by atoms with Gasteiger partial charge >= 0.3 is 0 Å². The molecule has 5 nitrogen and oxygen atoms in total. The number of anilines is 1. The van der Waals surface area contributed by atoms with Crippen molar-refractivity contribution in [2.75, 3.05) is 32.6 Å². The number of methoxy groups -OCH3 is 1. The molecule has 0 heterocycles. The molecule has 5 heteroatoms. The summed E-state index contributed by atoms with van der Waals surface area (Å²) in [5.41, 5.74) is 3.14. The highest BCUT2D eigenvalue weighted by molar-refractivity contribution is 5.92. The molecular formula is C21H28N2O3. The van der Waals surface area contributed by atoms with Crippen molar-refractivity contribution in [3.05, 3.63) is 53.6 Å². The van der Waals surface area contributed by atoms with Gasteiger partial charge in [-0.25, -0.2) is 0 Å². The zero-order valence-electron chi connectivity index (χ0n) is 16.0. The molecule has 0 aliphatic carbocycles. The third kappa shape index (κ3) is 5.77. The van der Waals surface area contributed by atoms with Crippen LogP contribution in [0.15, 0.2) is 42.5 Å². The quantitative estimate of drug-likeness (QED) is 0.744. The summed E-state index contributed by atoms with van der Waals surface area (Å²) in [6.07, 6.45) is 0.989. The minimum atomic E-state index is -0.0327. The highest BCUT2D eigenvalue weighted by atomic mass is 16.5. The van der Waals surface area contributed by atoms with Crippen LogP contribution in [0, 0.1) is 0 Å². The summed E-state index contributed by atoms with van der Waals surface area (Å²) >= 11 is 0. The highest BCUT2D eigenvalue weighted by Crippen LogP contribution is 2.28. The van der Waals surface area contributed by atoms with Crippen LogP contribution in [0.5, 0.6) is 11.5 Å². The molecule has 0 saturated heterocycles. The zero-order chi connectivity index (χ0) is 18.9. The molecule has 2 rings (SSSR count). The molecule has 0 aromatic heterocycles. The lowest BCUT2D eigenvalue weighted by molar-refractivity contribution is -0.117. The molecule has 2 aromatic carbocycles. The number of likely N-dealkylation sites (N-methyl/N-ethyl adjacent to an activating group) is 1. The Morgan fingerprint density at radius 2 is 1.73 bits per heavy atom. The number of nitrogens with zero attached hydrogens (tertiary/aromatic N) is 1. The van der Waals surface area contributed by atoms with Crippen molar-refractivity contribution in [2.45, 2.75) is 26.8 Å². The third-order valence-corrected chi connectivity index (χ3v) is 4.04. The summed E-state index contributed by atoms with van der Waals surface area (Å²) in [5.74, 6) is 1.41. The number of carbonyl (C=O) groups is 1. The SMILES string of the molecule is CCOc1ccc(CN(C)CC(=O)Nc2ccc(CC)cc2)cc1OC. The van der Waals surface area contributed by atoms with Gasteiger partial charge in [-0.3, -0.25) is 9.69 Å². The molecular weight excluding hydrogens is 328 g/mol. The Labute approximate surface area is 155 Å². The normalized spacial score (nSPS) is 10.7. The first-order chi connectivity index (χ1) is 12.5. The average molecular weight is 356 g/mol. The van der Waals surface area contributed by atoms with Crippen LogP contribution < -0.4 is 14.8 Å². The molecule has 0 saturated carbocycles. The van der Waals surface area contributed by atoms with Gasteiger partial charge in [0.05, 0.1) is 20.3 Å². The Hall–Kier alpha value is -2.53. The summed E-state index contributed by atoms with van der Waals surface area (Å²) in [4.78, 5) is 14.2. The Morgan fingerprint density at radius 3 is 2.35 bits per heavy atom. The fraction of sp³-hybridized carbons (Fsp3) is 0.381. The summed E-state index contributed by atoms with van der Waals surface area (Å²) in [7, 11) is 3.55. The van der Waals surface area contributed by atoms with Gasteiger partial charge in [0.1, 0.15) is 0 Å². The number of amides is 1. The van der Waals surface area contributed by atoms with Gasteiger partial charge < -0.3 is 14.8 Å². The van der Waals surface area contributed by atoms with E-state index in [0.29, 0.717) is 25.4 Å². The lowest BCUT2D eigenvalue weighted by Crippen LogP contribution is -2.29. The summed E-state index contributed by atoms with van der Waals surface area (Å²) < 4.78 is 10.9. The minimum Gasteiger partial charge on any atom is -0.493 e. The first-order valence-corrected chi connectivity index (χ1v) is 8.92. The van der Waals surface area contributed by atoms with Crippen molar-refractivity contribution in [3.8, 4) is 11.5 Å². The molecule has 0 bridgehead atoms. The van der Waals surface area contributed by atoms with Gasteiger partial charge in [0.25, 0.3) is 0 Å². The Balaban J connectivity index is 1.90. The third-order valence-electron chi connectivity index (χ3n) is 4.04. The predicted octanol–water partition coefficient (Wildman–Crippen LogP) is 3.73. The van der Waals surface area contributed by atoms with Crippen molar-refractivity contribution in [1.29, 1.82) is 0 Å². The summed E-state index contributed by atoms with van der Waals surface area (Å²) in [6.45, 7) is 5.60. The fourth-order valence-corrected chi connectivity index (χ4v) is 2.72. The van der Waals surface area contributed by atoms with Crippen LogP contribution in [0.1, 0.15) is 25.0 Å². The lowest BCUT2D eigenvalue weighted by atomic mass is 10.1. The maximum absolute atomic E-state index is 12.2. The van der Waals surface area contributed by atoms with Gasteiger partial charge in [0, 0.05) is 12.2 Å². The van der Waals surface area contributed by atoms with Gasteiger partial charge in [-0.15, -0.1) is 0 Å². The standard InChI is InChI=1S/C21H28N2O3/c1-5-16-7-10-18(11-8-16)22-21(24)15-23(3)14-17-9-12-19(26-6-2)20(13-17)25-4/h7-13H,5-6,14-15H2,1-4H3,(H,22,24). The zero-order valence-corrected chi connectivity index (χ0v) is 16.0. The number of aryl methyl sites for hydroxylation is 1. The molecule has 1 amide bonds. The van der Waals surface area contributed by atoms with E-state index < -0.39 is 0 Å². The molecule has 0 spiro atoms. The van der Waals surface area contributed by atoms with Gasteiger partial charge in [-0.2, -0.15) is 0 Å². The second kappa shape index (κ2) is 9.82. The Morgan fingerprint density at radius 1 is 1.04 bits per heavy atom. The Kier molecular flexibility index (Phi) is 7.48. The number of rotatable bonds is 9. The van der Waals surface area contributed by atoms with E-state index in [1.807, 2.05) is 61.3 Å². The number of carbonyl (C=O) groups excluding carboxylic acids is 1. The molecule has 2 aromatic rings. The van der Waals surface area contributed by atoms with E-state index in [1.165, 1.54) is 5.56 Å². The molecule has 0 unspecified atom stereocenters. The summed E-state index contributed by atoms with van der Waals surface area (Å²) in [6, 6.07) is 13.8. The van der Waals surface area contributed by atoms with Crippen LogP contribution in [-0.4, -0.2) is 38.1 Å². The Bertz CT molecular complexity index is 714. The number of benzene rings is 2. The molecule has 26 heavy (non-hydrogen) atoms. The number of ether oxygens (including phenoxy) is 2. The first kappa shape index (κ1) is 19.8. The number of nitrogens with one attached hydrogen (secondary N) is 1. The van der Waals surface area contributed by atoms with Crippen molar-refractivity contribution in [2.24, 2.45) is 0 Å². The van der Waals surface area contributed by atoms with E-state index in [9.17, 15) is 4.79 Å². The molecule has 0 aliphatic rings. The monoisotopic (exact) mass is 356 g/mol. The van der Waals surface area contributed by atoms with Crippen LogP contribution in [-0.2, 0) is 17.8 Å². The van der Waals surface area contributed by atoms with E-state index >= 15 is 0 Å². The topological polar surface area (TPSA) is 50.8 Å². The maximum Gasteiger partial charge on any atom is 0.238 e. The molecule has 0 radical (unpaired) electrons. The van der Waals surface area contributed by atoms with Crippen LogP contribution in [0.4, 0.5) is 5.69 Å². The van der Waals surface area contributed by atoms with E-state index in [0.717, 1.165) is 23.4 Å². The van der Waals surface area contributed by atoms with Gasteiger partial charge in [0.2, 0.25) is 5.91 Å². The predicted molar refractivity (Wildman–Crippen MR) is 105 cm³/mol. The van der Waals surface area contributed by atoms with Crippen LogP contribution in [0.3, 0.4) is 0 Å². The van der Waals surface area contributed by atoms with Gasteiger partial charge in [-0.1, -0.05) is 25.1 Å². The number of hydrogen-bond acceptors (Lipinski definition) is 4. The molecule has 0 aliphatic heterocycles. The molecule has 0 fully saturated rings. The van der Waals surface area contributed by atoms with Gasteiger partial charge in [0.15, 0.2) is 11.5 Å². The van der Waals surface area contributed by atoms with E-state index in [4.69, 9.17) is 9.47 Å². The highest BCUT2D eigenvalue weighted by Gasteiger charge is 2.10. The fourth-order valence-electron chi connectivity index (χ4n) is 2.72. The molecule has 140 valence electrons. The van der Waals surface area contributed by atoms with Gasteiger partial charge in [-0.05, 0) is 55.8 Å². The van der Waals surface area contributed by atoms with Crippen molar-refractivity contribution in [3.63, 3.8) is 0 Å². The van der Waals surface area contributed by atoms with E-state index in [1.54, 1.807) is 7.11 Å². The number of hydrogen-bond donors (Lipinski definition) is 1. The average Bonchev–Trinajstić information content (AvgIpc) is 2.63. The molecule has 0 atom stereocenters. The van der Waals surface area contributed by atoms with E-state index in [2.05, 4.69) is 12.2 Å². The second-order valence-corrected chi connectivity index (χ2v) is 6.19. The van der Waals surface area contributed by atoms with Crippen molar-refractivity contribution >= 4 is 11.6 Å². The van der Waals surface area contributed by atoms with Crippen LogP contribution in [0.2, 0.25) is 0 Å². The van der Waals surface area contributed by atoms with Crippen LogP contribution in [0.25, 0.3) is 0 Å². The molecule has 1 N–H and O–H groups in total. The van der Waals surface area contributed by atoms with Crippen LogP contribution >= 0.6 is 0 Å². The largest absolute Gasteiger partial charge is 0.493 e. The maximum atomic E-state index is 12.2. The van der Waals surface area contributed by atoms with Crippen molar-refractivity contribution in [1.82, 2.24) is 4.90 Å². The smallest absolute Gasteiger partial charge is 0.238 e. The van der Waals surface area contributed by atoms with E-state index in [-0.39, 0.29) is 5.91 Å². The lowest BCUT2D eigenvalue weighted by Gasteiger charge is -2.18. The first-order valence-electron chi connectivity index (χ1n) is 8.92.